The number of carbonyl (C=O) groups is 1. The Hall–Kier alpha value is -3.15. The van der Waals surface area contributed by atoms with Crippen LogP contribution in [0.4, 0.5) is 0 Å². The van der Waals surface area contributed by atoms with Gasteiger partial charge in [-0.05, 0) is 37.3 Å². The summed E-state index contributed by atoms with van der Waals surface area (Å²) in [5.41, 5.74) is 1.52. The maximum atomic E-state index is 12.1. The molecule has 0 aliphatic heterocycles. The van der Waals surface area contributed by atoms with Crippen molar-refractivity contribution in [1.29, 1.82) is 0 Å². The van der Waals surface area contributed by atoms with Gasteiger partial charge in [0.2, 0.25) is 0 Å². The molecule has 116 valence electrons. The quantitative estimate of drug-likeness (QED) is 0.546. The molecule has 6 nitrogen and oxygen atoms in total. The Morgan fingerprint density at radius 3 is 3.00 bits per heavy atom. The number of pyridine rings is 1. The molecule has 0 amide bonds. The molecule has 6 heteroatoms. The molecule has 0 radical (unpaired) electrons. The van der Waals surface area contributed by atoms with Gasteiger partial charge in [0.1, 0.15) is 18.0 Å². The molecule has 0 N–H and O–H groups in total. The SMILES string of the molecule is Cc1cccc2nc(COC(=O)/C=C/c3ccco3)cc(=O)n12. The van der Waals surface area contributed by atoms with Gasteiger partial charge in [-0.2, -0.15) is 0 Å². The highest BCUT2D eigenvalue weighted by Crippen LogP contribution is 2.05. The number of furan rings is 1. The Bertz CT molecular complexity index is 923. The fourth-order valence-corrected chi connectivity index (χ4v) is 2.17. The summed E-state index contributed by atoms with van der Waals surface area (Å²) in [4.78, 5) is 28.1. The number of carbonyl (C=O) groups excluding carboxylic acids is 1. The van der Waals surface area contributed by atoms with Crippen molar-refractivity contribution in [3.05, 3.63) is 76.2 Å². The van der Waals surface area contributed by atoms with E-state index in [1.807, 2.05) is 19.1 Å². The Balaban J connectivity index is 1.72. The number of hydrogen-bond donors (Lipinski definition) is 0. The highest BCUT2D eigenvalue weighted by atomic mass is 16.5. The summed E-state index contributed by atoms with van der Waals surface area (Å²) < 4.78 is 11.7. The third kappa shape index (κ3) is 3.37. The number of nitrogens with zero attached hydrogens (tertiary/aromatic N) is 2. The van der Waals surface area contributed by atoms with Gasteiger partial charge in [-0.15, -0.1) is 0 Å². The van der Waals surface area contributed by atoms with Gasteiger partial charge in [0.05, 0.1) is 12.0 Å². The van der Waals surface area contributed by atoms with Gasteiger partial charge in [0, 0.05) is 17.8 Å². The minimum Gasteiger partial charge on any atom is -0.465 e. The lowest BCUT2D eigenvalue weighted by Crippen LogP contribution is -2.18. The average Bonchev–Trinajstić information content (AvgIpc) is 3.04. The van der Waals surface area contributed by atoms with Crippen LogP contribution in [0.5, 0.6) is 0 Å². The van der Waals surface area contributed by atoms with Crippen molar-refractivity contribution in [3.8, 4) is 0 Å². The number of ether oxygens (including phenoxy) is 1. The molecule has 0 unspecified atom stereocenters. The summed E-state index contributed by atoms with van der Waals surface area (Å²) in [6.45, 7) is 1.76. The molecular weight excluding hydrogens is 296 g/mol. The zero-order valence-corrected chi connectivity index (χ0v) is 12.4. The van der Waals surface area contributed by atoms with Crippen LogP contribution in [0.15, 0.2) is 57.9 Å². The molecule has 0 saturated heterocycles. The molecule has 0 aliphatic rings. The maximum absolute atomic E-state index is 12.1. The smallest absolute Gasteiger partial charge is 0.331 e. The van der Waals surface area contributed by atoms with Crippen molar-refractivity contribution in [2.75, 3.05) is 0 Å². The lowest BCUT2D eigenvalue weighted by Gasteiger charge is -2.06. The van der Waals surface area contributed by atoms with E-state index in [1.54, 1.807) is 18.2 Å². The largest absolute Gasteiger partial charge is 0.465 e. The van der Waals surface area contributed by atoms with Crippen LogP contribution in [0.2, 0.25) is 0 Å². The van der Waals surface area contributed by atoms with Gasteiger partial charge in [0.15, 0.2) is 0 Å². The van der Waals surface area contributed by atoms with Gasteiger partial charge in [-0.1, -0.05) is 6.07 Å². The van der Waals surface area contributed by atoms with Crippen LogP contribution in [0.1, 0.15) is 17.1 Å². The molecule has 3 rings (SSSR count). The normalized spacial score (nSPS) is 11.2. The molecule has 0 aromatic carbocycles. The predicted molar refractivity (Wildman–Crippen MR) is 83.7 cm³/mol. The first-order valence-corrected chi connectivity index (χ1v) is 7.00. The second kappa shape index (κ2) is 6.31. The molecular formula is C17H14N2O4. The maximum Gasteiger partial charge on any atom is 0.331 e. The van der Waals surface area contributed by atoms with E-state index in [1.165, 1.54) is 28.9 Å². The van der Waals surface area contributed by atoms with Crippen LogP contribution in [-0.2, 0) is 16.1 Å². The second-order valence-corrected chi connectivity index (χ2v) is 4.90. The van der Waals surface area contributed by atoms with Crippen molar-refractivity contribution in [1.82, 2.24) is 9.38 Å². The van der Waals surface area contributed by atoms with Crippen LogP contribution in [0.3, 0.4) is 0 Å². The van der Waals surface area contributed by atoms with E-state index in [2.05, 4.69) is 4.98 Å². The van der Waals surface area contributed by atoms with E-state index >= 15 is 0 Å². The molecule has 0 atom stereocenters. The molecule has 3 aromatic heterocycles. The number of hydrogen-bond acceptors (Lipinski definition) is 5. The summed E-state index contributed by atoms with van der Waals surface area (Å²) in [7, 11) is 0. The standard InChI is InChI=1S/C17H14N2O4/c1-12-4-2-6-15-18-13(10-16(20)19(12)15)11-23-17(21)8-7-14-5-3-9-22-14/h2-10H,11H2,1H3/b8-7+. The zero-order valence-electron chi connectivity index (χ0n) is 12.4. The number of rotatable bonds is 4. The predicted octanol–water partition coefficient (Wildman–Crippen LogP) is 2.35. The van der Waals surface area contributed by atoms with E-state index in [-0.39, 0.29) is 12.2 Å². The van der Waals surface area contributed by atoms with Crippen molar-refractivity contribution < 1.29 is 13.9 Å². The summed E-state index contributed by atoms with van der Waals surface area (Å²) in [5, 5.41) is 0. The summed E-state index contributed by atoms with van der Waals surface area (Å²) >= 11 is 0. The first kappa shape index (κ1) is 14.8. The Morgan fingerprint density at radius 1 is 1.35 bits per heavy atom. The summed E-state index contributed by atoms with van der Waals surface area (Å²) in [6, 6.07) is 10.2. The van der Waals surface area contributed by atoms with Gasteiger partial charge in [-0.25, -0.2) is 9.78 Å². The van der Waals surface area contributed by atoms with E-state index in [0.29, 0.717) is 17.1 Å². The van der Waals surface area contributed by atoms with Gasteiger partial charge < -0.3 is 9.15 Å². The monoisotopic (exact) mass is 310 g/mol. The second-order valence-electron chi connectivity index (χ2n) is 4.90. The van der Waals surface area contributed by atoms with Crippen molar-refractivity contribution in [2.24, 2.45) is 0 Å². The fraction of sp³-hybridized carbons (Fsp3) is 0.118. The van der Waals surface area contributed by atoms with E-state index in [4.69, 9.17) is 9.15 Å². The highest BCUT2D eigenvalue weighted by molar-refractivity contribution is 5.86. The van der Waals surface area contributed by atoms with Crippen LogP contribution in [-0.4, -0.2) is 15.4 Å². The van der Waals surface area contributed by atoms with Crippen LogP contribution >= 0.6 is 0 Å². The Morgan fingerprint density at radius 2 is 2.22 bits per heavy atom. The molecule has 0 bridgehead atoms. The van der Waals surface area contributed by atoms with Crippen molar-refractivity contribution in [3.63, 3.8) is 0 Å². The third-order valence-electron chi connectivity index (χ3n) is 3.22. The highest BCUT2D eigenvalue weighted by Gasteiger charge is 2.06. The first-order valence-electron chi connectivity index (χ1n) is 7.00. The lowest BCUT2D eigenvalue weighted by atomic mass is 10.3. The van der Waals surface area contributed by atoms with Gasteiger partial charge in [-0.3, -0.25) is 9.20 Å². The van der Waals surface area contributed by atoms with Gasteiger partial charge in [0.25, 0.3) is 5.56 Å². The average molecular weight is 310 g/mol. The fourth-order valence-electron chi connectivity index (χ4n) is 2.17. The van der Waals surface area contributed by atoms with Crippen molar-refractivity contribution in [2.45, 2.75) is 13.5 Å². The molecule has 0 fully saturated rings. The molecule has 0 aliphatic carbocycles. The minimum atomic E-state index is -0.535. The van der Waals surface area contributed by atoms with Crippen LogP contribution in [0, 0.1) is 6.92 Å². The molecule has 0 saturated carbocycles. The lowest BCUT2D eigenvalue weighted by molar-refractivity contribution is -0.139. The number of esters is 1. The van der Waals surface area contributed by atoms with Crippen molar-refractivity contribution >= 4 is 17.7 Å². The van der Waals surface area contributed by atoms with E-state index < -0.39 is 5.97 Å². The van der Waals surface area contributed by atoms with Gasteiger partial charge >= 0.3 is 5.97 Å². The zero-order chi connectivity index (χ0) is 16.2. The first-order chi connectivity index (χ1) is 11.1. The number of fused-ring (bicyclic) bond motifs is 1. The molecule has 0 spiro atoms. The topological polar surface area (TPSA) is 73.8 Å². The molecule has 3 aromatic rings. The minimum absolute atomic E-state index is 0.0684. The number of aryl methyl sites for hydroxylation is 1. The Labute approximate surface area is 131 Å². The van der Waals surface area contributed by atoms with Crippen LogP contribution in [0.25, 0.3) is 11.7 Å². The Kier molecular flexibility index (Phi) is 4.05. The van der Waals surface area contributed by atoms with E-state index in [9.17, 15) is 9.59 Å². The third-order valence-corrected chi connectivity index (χ3v) is 3.22. The number of aromatic nitrogens is 2. The summed E-state index contributed by atoms with van der Waals surface area (Å²) in [6.07, 6.45) is 4.28. The van der Waals surface area contributed by atoms with E-state index in [0.717, 1.165) is 5.69 Å². The molecule has 23 heavy (non-hydrogen) atoms. The molecule has 3 heterocycles. The summed E-state index contributed by atoms with van der Waals surface area (Å²) in [5.74, 6) is 0.0205. The van der Waals surface area contributed by atoms with Crippen LogP contribution < -0.4 is 5.56 Å².